The molecule has 154 valence electrons. The summed E-state index contributed by atoms with van der Waals surface area (Å²) in [6, 6.07) is 5.38. The fraction of sp³-hybridized carbons (Fsp3) is 0.565. The van der Waals surface area contributed by atoms with Gasteiger partial charge in [0.1, 0.15) is 17.0 Å². The molecule has 1 aromatic carbocycles. The molecule has 1 N–H and O–H groups in total. The number of carbonyl (C=O) groups excluding carboxylic acids is 1. The summed E-state index contributed by atoms with van der Waals surface area (Å²) >= 11 is 12.7. The van der Waals surface area contributed by atoms with E-state index in [1.807, 2.05) is 0 Å². The van der Waals surface area contributed by atoms with Gasteiger partial charge in [0, 0.05) is 11.6 Å². The highest BCUT2D eigenvalue weighted by Crippen LogP contribution is 2.61. The molecule has 4 fully saturated rings. The molecule has 6 heteroatoms. The first-order chi connectivity index (χ1) is 13.9. The van der Waals surface area contributed by atoms with Gasteiger partial charge in [-0.25, -0.2) is 0 Å². The first-order valence-corrected chi connectivity index (χ1v) is 11.3. The minimum absolute atomic E-state index is 0.118. The second kappa shape index (κ2) is 7.02. The van der Waals surface area contributed by atoms with Gasteiger partial charge in [-0.1, -0.05) is 34.4 Å². The third-order valence-electron chi connectivity index (χ3n) is 7.64. The van der Waals surface area contributed by atoms with E-state index in [1.165, 1.54) is 38.5 Å². The van der Waals surface area contributed by atoms with E-state index in [4.69, 9.17) is 27.7 Å². The quantitative estimate of drug-likeness (QED) is 0.616. The standard InChI is InChI=1S/C23H26Cl2N2O2/c1-12-19(21(27-29-12)20-17(24)4-3-5-18(20)25)22(28)26-13(2)23-9-14-6-15(10-23)8-16(7-14)11-23/h3-5,13-16H,6-11H2,1-2H3,(H,26,28)/t13-,14?,15?,16?,23?/m0/s1. The maximum absolute atomic E-state index is 13.3. The van der Waals surface area contributed by atoms with Crippen molar-refractivity contribution in [3.8, 4) is 11.3 Å². The maximum Gasteiger partial charge on any atom is 0.257 e. The van der Waals surface area contributed by atoms with Crippen molar-refractivity contribution in [3.63, 3.8) is 0 Å². The van der Waals surface area contributed by atoms with Gasteiger partial charge in [-0.3, -0.25) is 4.79 Å². The fourth-order valence-corrected chi connectivity index (χ4v) is 7.24. The Balaban J connectivity index is 1.43. The molecule has 1 atom stereocenters. The summed E-state index contributed by atoms with van der Waals surface area (Å²) in [4.78, 5) is 13.3. The van der Waals surface area contributed by atoms with Crippen LogP contribution in [0, 0.1) is 30.1 Å². The number of nitrogens with one attached hydrogen (secondary N) is 1. The van der Waals surface area contributed by atoms with Crippen molar-refractivity contribution in [2.24, 2.45) is 23.2 Å². The van der Waals surface area contributed by atoms with Gasteiger partial charge in [-0.2, -0.15) is 0 Å². The number of rotatable bonds is 4. The average molecular weight is 433 g/mol. The van der Waals surface area contributed by atoms with E-state index in [2.05, 4.69) is 17.4 Å². The zero-order valence-electron chi connectivity index (χ0n) is 16.8. The molecule has 0 saturated heterocycles. The van der Waals surface area contributed by atoms with Crippen LogP contribution in [0.25, 0.3) is 11.3 Å². The highest BCUT2D eigenvalue weighted by Gasteiger charge is 2.53. The van der Waals surface area contributed by atoms with E-state index in [0.29, 0.717) is 32.6 Å². The summed E-state index contributed by atoms with van der Waals surface area (Å²) in [5, 5.41) is 8.33. The predicted molar refractivity (Wildman–Crippen MR) is 114 cm³/mol. The molecule has 2 aromatic rings. The van der Waals surface area contributed by atoms with E-state index >= 15 is 0 Å². The lowest BCUT2D eigenvalue weighted by atomic mass is 9.48. The van der Waals surface area contributed by atoms with Gasteiger partial charge < -0.3 is 9.84 Å². The normalized spacial score (nSPS) is 31.1. The first kappa shape index (κ1) is 19.4. The second-order valence-electron chi connectivity index (χ2n) is 9.53. The summed E-state index contributed by atoms with van der Waals surface area (Å²) < 4.78 is 5.38. The van der Waals surface area contributed by atoms with Crippen LogP contribution >= 0.6 is 23.2 Å². The van der Waals surface area contributed by atoms with Gasteiger partial charge in [0.15, 0.2) is 0 Å². The van der Waals surface area contributed by atoms with Crippen molar-refractivity contribution < 1.29 is 9.32 Å². The molecule has 0 spiro atoms. The smallest absolute Gasteiger partial charge is 0.257 e. The number of hydrogen-bond acceptors (Lipinski definition) is 3. The molecule has 4 saturated carbocycles. The Hall–Kier alpha value is -1.52. The number of aromatic nitrogens is 1. The Kier molecular flexibility index (Phi) is 4.71. The largest absolute Gasteiger partial charge is 0.360 e. The Morgan fingerprint density at radius 3 is 2.24 bits per heavy atom. The third-order valence-corrected chi connectivity index (χ3v) is 8.27. The summed E-state index contributed by atoms with van der Waals surface area (Å²) in [7, 11) is 0. The zero-order chi connectivity index (χ0) is 20.3. The molecule has 4 aliphatic carbocycles. The van der Waals surface area contributed by atoms with Crippen molar-refractivity contribution >= 4 is 29.1 Å². The van der Waals surface area contributed by atoms with Gasteiger partial charge in [-0.15, -0.1) is 0 Å². The SMILES string of the molecule is Cc1onc(-c2c(Cl)cccc2Cl)c1C(=O)N[C@@H](C)C12CC3CC(CC(C3)C1)C2. The molecule has 4 nitrogen and oxygen atoms in total. The van der Waals surface area contributed by atoms with Crippen LogP contribution in [-0.4, -0.2) is 17.1 Å². The van der Waals surface area contributed by atoms with E-state index in [1.54, 1.807) is 25.1 Å². The van der Waals surface area contributed by atoms with E-state index in [-0.39, 0.29) is 17.4 Å². The van der Waals surface area contributed by atoms with Crippen molar-refractivity contribution in [1.82, 2.24) is 10.5 Å². The molecule has 0 aliphatic heterocycles. The fourth-order valence-electron chi connectivity index (χ4n) is 6.66. The minimum Gasteiger partial charge on any atom is -0.360 e. The van der Waals surface area contributed by atoms with Gasteiger partial charge in [-0.05, 0) is 87.7 Å². The zero-order valence-corrected chi connectivity index (χ0v) is 18.3. The molecule has 0 unspecified atom stereocenters. The van der Waals surface area contributed by atoms with Gasteiger partial charge >= 0.3 is 0 Å². The highest BCUT2D eigenvalue weighted by molar-refractivity contribution is 6.39. The van der Waals surface area contributed by atoms with Crippen molar-refractivity contribution in [1.29, 1.82) is 0 Å². The highest BCUT2D eigenvalue weighted by atomic mass is 35.5. The molecule has 1 amide bonds. The van der Waals surface area contributed by atoms with Crippen LogP contribution in [0.2, 0.25) is 10.0 Å². The number of aryl methyl sites for hydroxylation is 1. The van der Waals surface area contributed by atoms with Crippen LogP contribution in [0.15, 0.2) is 22.7 Å². The third kappa shape index (κ3) is 3.19. The maximum atomic E-state index is 13.3. The van der Waals surface area contributed by atoms with Crippen LogP contribution in [0.3, 0.4) is 0 Å². The van der Waals surface area contributed by atoms with Crippen LogP contribution in [0.1, 0.15) is 61.6 Å². The summed E-state index contributed by atoms with van der Waals surface area (Å²) in [6.07, 6.45) is 7.89. The van der Waals surface area contributed by atoms with Crippen LogP contribution in [-0.2, 0) is 0 Å². The molecule has 29 heavy (non-hydrogen) atoms. The molecular formula is C23H26Cl2N2O2. The van der Waals surface area contributed by atoms with E-state index < -0.39 is 0 Å². The van der Waals surface area contributed by atoms with Gasteiger partial charge in [0.2, 0.25) is 0 Å². The first-order valence-electron chi connectivity index (χ1n) is 10.6. The lowest BCUT2D eigenvalue weighted by Gasteiger charge is -2.59. The summed E-state index contributed by atoms with van der Waals surface area (Å²) in [6.45, 7) is 3.93. The van der Waals surface area contributed by atoms with Crippen LogP contribution in [0.5, 0.6) is 0 Å². The molecule has 0 radical (unpaired) electrons. The van der Waals surface area contributed by atoms with Gasteiger partial charge in [0.25, 0.3) is 5.91 Å². The molecular weight excluding hydrogens is 407 g/mol. The Morgan fingerprint density at radius 1 is 1.14 bits per heavy atom. The van der Waals surface area contributed by atoms with Crippen molar-refractivity contribution in [2.45, 2.75) is 58.4 Å². The molecule has 4 bridgehead atoms. The molecule has 1 heterocycles. The Morgan fingerprint density at radius 2 is 1.69 bits per heavy atom. The lowest BCUT2D eigenvalue weighted by molar-refractivity contribution is -0.0688. The Bertz CT molecular complexity index is 912. The second-order valence-corrected chi connectivity index (χ2v) is 10.3. The Labute approximate surface area is 181 Å². The average Bonchev–Trinajstić information content (AvgIpc) is 3.01. The van der Waals surface area contributed by atoms with E-state index in [0.717, 1.165) is 17.8 Å². The topological polar surface area (TPSA) is 55.1 Å². The summed E-state index contributed by atoms with van der Waals surface area (Å²) in [5.41, 5.74) is 1.61. The van der Waals surface area contributed by atoms with Crippen LogP contribution < -0.4 is 5.32 Å². The van der Waals surface area contributed by atoms with Crippen molar-refractivity contribution in [3.05, 3.63) is 39.6 Å². The lowest BCUT2D eigenvalue weighted by Crippen LogP contribution is -2.55. The number of hydrogen-bond donors (Lipinski definition) is 1. The minimum atomic E-state index is -0.155. The number of carbonyl (C=O) groups is 1. The molecule has 4 aliphatic rings. The van der Waals surface area contributed by atoms with Crippen molar-refractivity contribution in [2.75, 3.05) is 0 Å². The molecule has 1 aromatic heterocycles. The number of amides is 1. The molecule has 6 rings (SSSR count). The van der Waals surface area contributed by atoms with E-state index in [9.17, 15) is 4.79 Å². The predicted octanol–water partition coefficient (Wildman–Crippen LogP) is 6.29. The summed E-state index contributed by atoms with van der Waals surface area (Å²) in [5.74, 6) is 2.85. The monoisotopic (exact) mass is 432 g/mol. The van der Waals surface area contributed by atoms with Gasteiger partial charge in [0.05, 0.1) is 10.0 Å². The van der Waals surface area contributed by atoms with Crippen LogP contribution in [0.4, 0.5) is 0 Å². The number of benzene rings is 1. The number of halogens is 2. The number of nitrogens with zero attached hydrogens (tertiary/aromatic N) is 1.